The van der Waals surface area contributed by atoms with E-state index in [0.29, 0.717) is 38.7 Å². The monoisotopic (exact) mass is 429 g/mol. The number of guanidine groups is 1. The van der Waals surface area contributed by atoms with E-state index >= 15 is 0 Å². The van der Waals surface area contributed by atoms with Gasteiger partial charge in [0.15, 0.2) is 5.96 Å². The van der Waals surface area contributed by atoms with Gasteiger partial charge in [0.2, 0.25) is 10.0 Å². The molecule has 3 rings (SSSR count). The largest absolute Gasteiger partial charge is 0.365 e. The second-order valence-corrected chi connectivity index (χ2v) is 9.47. The van der Waals surface area contributed by atoms with E-state index in [4.69, 9.17) is 0 Å². The standard InChI is InChI=1S/C19H29F2N5O2S/c1-3-22-19(23-12-15-6-5-10-26(15)29(2,27)28)24-14-9-11-25(13-14)18-16(20)7-4-8-17(18)21/h4,7-8,14-15H,3,5-6,9-13H2,1-2H3,(H2,22,23,24)/t14?,15-/m1/s1. The van der Waals surface area contributed by atoms with Gasteiger partial charge in [-0.2, -0.15) is 4.31 Å². The number of anilines is 1. The molecule has 10 heteroatoms. The van der Waals surface area contributed by atoms with Gasteiger partial charge >= 0.3 is 0 Å². The van der Waals surface area contributed by atoms with Crippen molar-refractivity contribution in [2.45, 2.75) is 38.3 Å². The molecule has 0 spiro atoms. The number of nitrogens with zero attached hydrogens (tertiary/aromatic N) is 3. The number of nitrogens with one attached hydrogen (secondary N) is 2. The Morgan fingerprint density at radius 3 is 2.62 bits per heavy atom. The Bertz CT molecular complexity index is 829. The van der Waals surface area contributed by atoms with E-state index < -0.39 is 21.7 Å². The van der Waals surface area contributed by atoms with Crippen LogP contribution in [-0.4, -0.2) is 69.7 Å². The summed E-state index contributed by atoms with van der Waals surface area (Å²) in [5.41, 5.74) is 0.00786. The van der Waals surface area contributed by atoms with Crippen LogP contribution in [0.3, 0.4) is 0 Å². The predicted octanol–water partition coefficient (Wildman–Crippen LogP) is 1.52. The summed E-state index contributed by atoms with van der Waals surface area (Å²) in [6.07, 6.45) is 3.58. The number of rotatable bonds is 6. The van der Waals surface area contributed by atoms with Crippen molar-refractivity contribution >= 4 is 21.7 Å². The molecule has 0 saturated carbocycles. The van der Waals surface area contributed by atoms with Crippen molar-refractivity contribution in [3.8, 4) is 0 Å². The van der Waals surface area contributed by atoms with E-state index in [1.165, 1.54) is 28.8 Å². The maximum atomic E-state index is 14.0. The zero-order valence-corrected chi connectivity index (χ0v) is 17.7. The summed E-state index contributed by atoms with van der Waals surface area (Å²) in [6, 6.07) is 3.74. The molecule has 2 N–H and O–H groups in total. The summed E-state index contributed by atoms with van der Waals surface area (Å²) in [4.78, 5) is 6.28. The smallest absolute Gasteiger partial charge is 0.211 e. The summed E-state index contributed by atoms with van der Waals surface area (Å²) >= 11 is 0. The Morgan fingerprint density at radius 2 is 1.97 bits per heavy atom. The van der Waals surface area contributed by atoms with Crippen LogP contribution < -0.4 is 15.5 Å². The molecule has 1 aromatic rings. The van der Waals surface area contributed by atoms with Gasteiger partial charge in [-0.3, -0.25) is 4.99 Å². The predicted molar refractivity (Wildman–Crippen MR) is 111 cm³/mol. The fourth-order valence-electron chi connectivity index (χ4n) is 4.01. The first-order valence-electron chi connectivity index (χ1n) is 10.00. The van der Waals surface area contributed by atoms with Crippen molar-refractivity contribution in [2.75, 3.05) is 43.9 Å². The van der Waals surface area contributed by atoms with E-state index in [0.717, 1.165) is 19.3 Å². The SMILES string of the molecule is CCNC(=NC[C@H]1CCCN1S(C)(=O)=O)NC1CCN(c2c(F)cccc2F)C1. The van der Waals surface area contributed by atoms with Gasteiger partial charge in [0.25, 0.3) is 0 Å². The Labute approximate surface area is 171 Å². The summed E-state index contributed by atoms with van der Waals surface area (Å²) in [5.74, 6) is -0.532. The van der Waals surface area contributed by atoms with E-state index in [1.54, 1.807) is 4.90 Å². The third-order valence-electron chi connectivity index (χ3n) is 5.34. The zero-order valence-electron chi connectivity index (χ0n) is 16.9. The number of benzene rings is 1. The van der Waals surface area contributed by atoms with Gasteiger partial charge in [0.05, 0.1) is 12.8 Å². The Kier molecular flexibility index (Phi) is 6.94. The van der Waals surface area contributed by atoms with Crippen LogP contribution >= 0.6 is 0 Å². The first kappa shape index (κ1) is 21.8. The lowest BCUT2D eigenvalue weighted by atomic mass is 10.2. The van der Waals surface area contributed by atoms with Crippen molar-refractivity contribution < 1.29 is 17.2 Å². The molecule has 2 aliphatic rings. The molecule has 2 atom stereocenters. The van der Waals surface area contributed by atoms with Crippen LogP contribution in [0.5, 0.6) is 0 Å². The summed E-state index contributed by atoms with van der Waals surface area (Å²) in [7, 11) is -3.23. The number of hydrogen-bond acceptors (Lipinski definition) is 4. The Balaban J connectivity index is 1.63. The van der Waals surface area contributed by atoms with Crippen LogP contribution in [0.2, 0.25) is 0 Å². The maximum absolute atomic E-state index is 14.0. The number of sulfonamides is 1. The van der Waals surface area contributed by atoms with Gasteiger partial charge in [0, 0.05) is 38.3 Å². The van der Waals surface area contributed by atoms with Gasteiger partial charge < -0.3 is 15.5 Å². The average molecular weight is 430 g/mol. The number of hydrogen-bond donors (Lipinski definition) is 2. The minimum atomic E-state index is -3.23. The third-order valence-corrected chi connectivity index (χ3v) is 6.67. The molecule has 0 amide bonds. The number of aliphatic imine (C=N–C) groups is 1. The highest BCUT2D eigenvalue weighted by Gasteiger charge is 2.31. The van der Waals surface area contributed by atoms with Crippen molar-refractivity contribution in [1.29, 1.82) is 0 Å². The van der Waals surface area contributed by atoms with E-state index in [9.17, 15) is 17.2 Å². The Morgan fingerprint density at radius 1 is 1.24 bits per heavy atom. The van der Waals surface area contributed by atoms with E-state index in [-0.39, 0.29) is 17.8 Å². The highest BCUT2D eigenvalue weighted by molar-refractivity contribution is 7.88. The van der Waals surface area contributed by atoms with Gasteiger partial charge in [-0.05, 0) is 38.3 Å². The van der Waals surface area contributed by atoms with Crippen LogP contribution in [-0.2, 0) is 10.0 Å². The molecule has 2 heterocycles. The molecule has 29 heavy (non-hydrogen) atoms. The minimum absolute atomic E-state index is 0.00786. The molecule has 7 nitrogen and oxygen atoms in total. The van der Waals surface area contributed by atoms with Gasteiger partial charge in [-0.15, -0.1) is 0 Å². The highest BCUT2D eigenvalue weighted by atomic mass is 32.2. The number of halogens is 2. The topological polar surface area (TPSA) is 77.0 Å². The molecule has 0 radical (unpaired) electrons. The van der Waals surface area contributed by atoms with Crippen molar-refractivity contribution in [3.05, 3.63) is 29.8 Å². The second-order valence-electron chi connectivity index (χ2n) is 7.54. The average Bonchev–Trinajstić information content (AvgIpc) is 3.29. The summed E-state index contributed by atoms with van der Waals surface area (Å²) in [6.45, 7) is 4.52. The first-order valence-corrected chi connectivity index (χ1v) is 11.8. The number of para-hydroxylation sites is 1. The molecule has 1 aromatic carbocycles. The van der Waals surface area contributed by atoms with E-state index in [1.807, 2.05) is 6.92 Å². The van der Waals surface area contributed by atoms with Crippen LogP contribution in [0.1, 0.15) is 26.2 Å². The molecule has 0 aliphatic carbocycles. The summed E-state index contributed by atoms with van der Waals surface area (Å²) < 4.78 is 53.4. The molecule has 1 unspecified atom stereocenters. The van der Waals surface area contributed by atoms with Crippen LogP contribution in [0, 0.1) is 11.6 Å². The van der Waals surface area contributed by atoms with Crippen molar-refractivity contribution in [3.63, 3.8) is 0 Å². The quantitative estimate of drug-likeness (QED) is 0.530. The van der Waals surface area contributed by atoms with Crippen molar-refractivity contribution in [2.24, 2.45) is 4.99 Å². The lowest BCUT2D eigenvalue weighted by Gasteiger charge is -2.23. The molecule has 2 saturated heterocycles. The maximum Gasteiger partial charge on any atom is 0.211 e. The fraction of sp³-hybridized carbons (Fsp3) is 0.632. The molecule has 0 aromatic heterocycles. The zero-order chi connectivity index (χ0) is 21.0. The Hall–Kier alpha value is -1.94. The van der Waals surface area contributed by atoms with Gasteiger partial charge in [0.1, 0.15) is 17.3 Å². The lowest BCUT2D eigenvalue weighted by Crippen LogP contribution is -2.45. The second kappa shape index (κ2) is 9.25. The van der Waals surface area contributed by atoms with Crippen LogP contribution in [0.15, 0.2) is 23.2 Å². The molecule has 162 valence electrons. The van der Waals surface area contributed by atoms with Crippen LogP contribution in [0.25, 0.3) is 0 Å². The van der Waals surface area contributed by atoms with Gasteiger partial charge in [-0.1, -0.05) is 6.07 Å². The lowest BCUT2D eigenvalue weighted by molar-refractivity contribution is 0.396. The normalized spacial score (nSPS) is 23.6. The first-order chi connectivity index (χ1) is 13.8. The van der Waals surface area contributed by atoms with Gasteiger partial charge in [-0.25, -0.2) is 17.2 Å². The fourth-order valence-corrected chi connectivity index (χ4v) is 5.19. The third kappa shape index (κ3) is 5.36. The molecule has 2 aliphatic heterocycles. The van der Waals surface area contributed by atoms with Crippen LogP contribution in [0.4, 0.5) is 14.5 Å². The summed E-state index contributed by atoms with van der Waals surface area (Å²) in [5, 5.41) is 6.49. The highest BCUT2D eigenvalue weighted by Crippen LogP contribution is 2.26. The molecular formula is C19H29F2N5O2S. The van der Waals surface area contributed by atoms with E-state index in [2.05, 4.69) is 15.6 Å². The minimum Gasteiger partial charge on any atom is -0.365 e. The molecular weight excluding hydrogens is 400 g/mol. The molecule has 2 fully saturated rings. The van der Waals surface area contributed by atoms with Crippen molar-refractivity contribution in [1.82, 2.24) is 14.9 Å². The molecule has 0 bridgehead atoms.